The quantitative estimate of drug-likeness (QED) is 0.205. The van der Waals surface area contributed by atoms with Crippen molar-refractivity contribution in [2.45, 2.75) is 24.5 Å². The van der Waals surface area contributed by atoms with Crippen molar-refractivity contribution in [1.82, 2.24) is 4.90 Å². The molecule has 1 saturated carbocycles. The first kappa shape index (κ1) is 20.9. The predicted octanol–water partition coefficient (Wildman–Crippen LogP) is -0.454. The minimum absolute atomic E-state index is 0.0173. The number of ketones is 2. The zero-order chi connectivity index (χ0) is 23.0. The van der Waals surface area contributed by atoms with Crippen LogP contribution in [0.3, 0.4) is 0 Å². The molecule has 0 bridgehead atoms. The van der Waals surface area contributed by atoms with Crippen LogP contribution in [0.2, 0.25) is 0 Å². The summed E-state index contributed by atoms with van der Waals surface area (Å²) in [7, 11) is 3.09. The largest absolute Gasteiger partial charge is 0.508 e. The highest BCUT2D eigenvalue weighted by atomic mass is 16.3. The highest BCUT2D eigenvalue weighted by Gasteiger charge is 2.64. The van der Waals surface area contributed by atoms with Gasteiger partial charge in [0.2, 0.25) is 5.78 Å². The van der Waals surface area contributed by atoms with Gasteiger partial charge in [0.15, 0.2) is 11.4 Å². The molecule has 0 heterocycles. The van der Waals surface area contributed by atoms with E-state index in [4.69, 9.17) is 11.5 Å². The third kappa shape index (κ3) is 2.55. The van der Waals surface area contributed by atoms with Crippen LogP contribution in [0.4, 0.5) is 5.69 Å². The Balaban J connectivity index is 1.99. The summed E-state index contributed by atoms with van der Waals surface area (Å²) in [5.41, 5.74) is 8.35. The van der Waals surface area contributed by atoms with E-state index in [0.717, 1.165) is 0 Å². The fourth-order valence-corrected chi connectivity index (χ4v) is 5.27. The fraction of sp³-hybridized carbons (Fsp3) is 0.381. The van der Waals surface area contributed by atoms with Crippen molar-refractivity contribution in [2.75, 3.05) is 19.8 Å². The summed E-state index contributed by atoms with van der Waals surface area (Å²) in [5, 5.41) is 43.3. The maximum Gasteiger partial charge on any atom is 0.255 e. The molecule has 0 saturated heterocycles. The molecule has 3 aliphatic carbocycles. The second-order valence-electron chi connectivity index (χ2n) is 8.49. The van der Waals surface area contributed by atoms with Crippen LogP contribution in [0, 0.1) is 11.8 Å². The molecule has 164 valence electrons. The number of aliphatic hydroxyl groups excluding tert-OH is 2. The Bertz CT molecular complexity index is 1120. The van der Waals surface area contributed by atoms with E-state index in [-0.39, 0.29) is 29.7 Å². The number of Topliss-reactive ketones (excluding diaryl/α,β-unsaturated/α-hetero) is 2. The van der Waals surface area contributed by atoms with Crippen molar-refractivity contribution < 1.29 is 34.8 Å². The number of carbonyl (C=O) groups is 3. The van der Waals surface area contributed by atoms with Crippen LogP contribution in [0.25, 0.3) is 5.76 Å². The monoisotopic (exact) mass is 429 g/mol. The van der Waals surface area contributed by atoms with E-state index >= 15 is 0 Å². The molecule has 10 heteroatoms. The van der Waals surface area contributed by atoms with Gasteiger partial charge in [-0.3, -0.25) is 19.3 Å². The first-order valence-electron chi connectivity index (χ1n) is 9.68. The first-order chi connectivity index (χ1) is 14.4. The summed E-state index contributed by atoms with van der Waals surface area (Å²) < 4.78 is 0. The van der Waals surface area contributed by atoms with Crippen molar-refractivity contribution in [1.29, 1.82) is 0 Å². The molecule has 1 amide bonds. The number of likely N-dealkylation sites (N-methyl/N-ethyl adjacent to an activating group) is 1. The number of anilines is 1. The van der Waals surface area contributed by atoms with E-state index in [1.165, 1.54) is 17.0 Å². The average Bonchev–Trinajstić information content (AvgIpc) is 2.67. The van der Waals surface area contributed by atoms with Crippen LogP contribution in [-0.2, 0) is 20.8 Å². The Kier molecular flexibility index (Phi) is 4.42. The molecule has 3 aliphatic rings. The average molecular weight is 429 g/mol. The lowest BCUT2D eigenvalue weighted by molar-refractivity contribution is -0.153. The number of hydrogen-bond donors (Lipinski definition) is 6. The summed E-state index contributed by atoms with van der Waals surface area (Å²) in [6, 6.07) is 1.65. The zero-order valence-corrected chi connectivity index (χ0v) is 16.9. The van der Waals surface area contributed by atoms with E-state index in [9.17, 15) is 34.8 Å². The molecule has 1 fully saturated rings. The molecule has 31 heavy (non-hydrogen) atoms. The molecule has 4 rings (SSSR count). The zero-order valence-electron chi connectivity index (χ0n) is 16.9. The number of benzene rings is 1. The lowest BCUT2D eigenvalue weighted by atomic mass is 9.57. The minimum Gasteiger partial charge on any atom is -0.508 e. The number of nitrogens with two attached hydrogens (primary N) is 2. The number of nitrogen functional groups attached to an aromatic ring is 1. The summed E-state index contributed by atoms with van der Waals surface area (Å²) in [5.74, 6) is -6.80. The van der Waals surface area contributed by atoms with Crippen LogP contribution < -0.4 is 11.5 Å². The maximum absolute atomic E-state index is 13.5. The van der Waals surface area contributed by atoms with Gasteiger partial charge in [0.25, 0.3) is 5.91 Å². The molecule has 1 aromatic rings. The van der Waals surface area contributed by atoms with Crippen LogP contribution >= 0.6 is 0 Å². The Labute approximate surface area is 177 Å². The van der Waals surface area contributed by atoms with Crippen LogP contribution in [0.15, 0.2) is 29.0 Å². The third-order valence-corrected chi connectivity index (χ3v) is 6.64. The second kappa shape index (κ2) is 6.56. The molecule has 2 unspecified atom stereocenters. The van der Waals surface area contributed by atoms with Crippen molar-refractivity contribution in [3.05, 3.63) is 40.2 Å². The van der Waals surface area contributed by atoms with Gasteiger partial charge in [-0.05, 0) is 50.6 Å². The van der Waals surface area contributed by atoms with E-state index in [1.54, 1.807) is 14.1 Å². The topological polar surface area (TPSA) is 187 Å². The SMILES string of the molecule is CN(C)[C@H]1C(=O)C(C(N)=O)=C(O)[C@@]2(O)C(=O)C3=C(O)c4c(O)ccc(N)c4CC3CC12. The van der Waals surface area contributed by atoms with Gasteiger partial charge in [-0.25, -0.2) is 0 Å². The minimum atomic E-state index is -2.64. The number of carbonyl (C=O) groups excluding carboxylic acids is 3. The summed E-state index contributed by atoms with van der Waals surface area (Å²) in [4.78, 5) is 39.8. The van der Waals surface area contributed by atoms with Gasteiger partial charge in [0.05, 0.1) is 11.6 Å². The lowest BCUT2D eigenvalue weighted by Crippen LogP contribution is -2.65. The number of nitrogens with zero attached hydrogens (tertiary/aromatic N) is 1. The van der Waals surface area contributed by atoms with Crippen molar-refractivity contribution >= 4 is 28.9 Å². The molecule has 0 spiro atoms. The Morgan fingerprint density at radius 1 is 1.19 bits per heavy atom. The molecule has 0 aliphatic heterocycles. The van der Waals surface area contributed by atoms with Gasteiger partial charge in [0.1, 0.15) is 22.8 Å². The van der Waals surface area contributed by atoms with Gasteiger partial charge >= 0.3 is 0 Å². The number of phenols is 1. The number of phenolic OH excluding ortho intramolecular Hbond substituents is 1. The van der Waals surface area contributed by atoms with Gasteiger partial charge in [-0.2, -0.15) is 0 Å². The molecule has 10 nitrogen and oxygen atoms in total. The molecular formula is C21H23N3O7. The van der Waals surface area contributed by atoms with E-state index < -0.39 is 58.0 Å². The van der Waals surface area contributed by atoms with Crippen molar-refractivity contribution in [2.24, 2.45) is 17.6 Å². The summed E-state index contributed by atoms with van der Waals surface area (Å²) in [6.45, 7) is 0. The first-order valence-corrected chi connectivity index (χ1v) is 9.68. The highest BCUT2D eigenvalue weighted by molar-refractivity contribution is 6.24. The number of primary amides is 1. The number of aliphatic hydroxyl groups is 3. The van der Waals surface area contributed by atoms with E-state index in [0.29, 0.717) is 11.3 Å². The van der Waals surface area contributed by atoms with Gasteiger partial charge in [0, 0.05) is 17.2 Å². The number of hydrogen-bond acceptors (Lipinski definition) is 9. The van der Waals surface area contributed by atoms with Gasteiger partial charge in [-0.1, -0.05) is 0 Å². The van der Waals surface area contributed by atoms with E-state index in [1.807, 2.05) is 0 Å². The molecule has 8 N–H and O–H groups in total. The fourth-order valence-electron chi connectivity index (χ4n) is 5.27. The molecular weight excluding hydrogens is 406 g/mol. The standard InChI is InChI=1S/C21H23N3O7/c1-24(2)15-9-6-7-5-8-10(22)3-4-11(25)13(8)16(26)12(7)18(28)21(9,31)19(29)14(17(15)27)20(23)30/h3-4,7,9,15,25-26,29,31H,5-6,22H2,1-2H3,(H2,23,30)/t7?,9?,15-,21+/m1/s1. The summed E-state index contributed by atoms with van der Waals surface area (Å²) >= 11 is 0. The third-order valence-electron chi connectivity index (χ3n) is 6.64. The number of fused-ring (bicyclic) bond motifs is 3. The van der Waals surface area contributed by atoms with Crippen molar-refractivity contribution in [3.8, 4) is 5.75 Å². The van der Waals surface area contributed by atoms with Crippen LogP contribution in [0.1, 0.15) is 17.5 Å². The second-order valence-corrected chi connectivity index (χ2v) is 8.49. The Hall–Kier alpha value is -3.37. The Morgan fingerprint density at radius 2 is 1.84 bits per heavy atom. The number of aromatic hydroxyl groups is 1. The lowest BCUT2D eigenvalue weighted by Gasteiger charge is -2.50. The highest BCUT2D eigenvalue weighted by Crippen LogP contribution is 2.53. The van der Waals surface area contributed by atoms with Gasteiger partial charge in [-0.15, -0.1) is 0 Å². The predicted molar refractivity (Wildman–Crippen MR) is 109 cm³/mol. The smallest absolute Gasteiger partial charge is 0.255 e. The molecule has 0 radical (unpaired) electrons. The maximum atomic E-state index is 13.5. The van der Waals surface area contributed by atoms with Gasteiger partial charge < -0.3 is 31.9 Å². The summed E-state index contributed by atoms with van der Waals surface area (Å²) in [6.07, 6.45) is 0.204. The Morgan fingerprint density at radius 3 is 2.42 bits per heavy atom. The molecule has 0 aromatic heterocycles. The number of amides is 1. The molecule has 4 atom stereocenters. The normalized spacial score (nSPS) is 30.3. The van der Waals surface area contributed by atoms with Crippen LogP contribution in [0.5, 0.6) is 5.75 Å². The van der Waals surface area contributed by atoms with E-state index in [2.05, 4.69) is 0 Å². The molecule has 1 aromatic carbocycles. The van der Waals surface area contributed by atoms with Crippen LogP contribution in [-0.4, -0.2) is 68.5 Å². The van der Waals surface area contributed by atoms with Crippen molar-refractivity contribution in [3.63, 3.8) is 0 Å². The number of rotatable bonds is 2.